The number of ketones is 1. The molecule has 0 saturated carbocycles. The maximum Gasteiger partial charge on any atom is 0.261 e. The van der Waals surface area contributed by atoms with Gasteiger partial charge in [0.2, 0.25) is 0 Å². The summed E-state index contributed by atoms with van der Waals surface area (Å²) in [5.74, 6) is -0.0905. The molecule has 116 valence electrons. The van der Waals surface area contributed by atoms with Crippen molar-refractivity contribution in [3.63, 3.8) is 0 Å². The third-order valence-electron chi connectivity index (χ3n) is 3.86. The Hall–Kier alpha value is -2.75. The summed E-state index contributed by atoms with van der Waals surface area (Å²) in [5.41, 5.74) is 2.29. The number of nitrogens with zero attached hydrogens (tertiary/aromatic N) is 2. The van der Waals surface area contributed by atoms with Gasteiger partial charge < -0.3 is 0 Å². The maximum absolute atomic E-state index is 12.4. The molecule has 0 saturated heterocycles. The summed E-state index contributed by atoms with van der Waals surface area (Å²) >= 11 is 0. The van der Waals surface area contributed by atoms with Crippen LogP contribution >= 0.6 is 0 Å². The minimum Gasteiger partial charge on any atom is -0.292 e. The van der Waals surface area contributed by atoms with Gasteiger partial charge in [0.1, 0.15) is 0 Å². The first kappa shape index (κ1) is 15.2. The Morgan fingerprint density at radius 1 is 1.09 bits per heavy atom. The summed E-state index contributed by atoms with van der Waals surface area (Å²) in [6.07, 6.45) is 3.52. The van der Waals surface area contributed by atoms with Crippen LogP contribution in [0.1, 0.15) is 29.3 Å². The van der Waals surface area contributed by atoms with Crippen molar-refractivity contribution in [1.29, 1.82) is 0 Å². The van der Waals surface area contributed by atoms with E-state index in [-0.39, 0.29) is 17.9 Å². The van der Waals surface area contributed by atoms with Crippen LogP contribution < -0.4 is 5.56 Å². The van der Waals surface area contributed by atoms with Gasteiger partial charge >= 0.3 is 0 Å². The summed E-state index contributed by atoms with van der Waals surface area (Å²) in [4.78, 5) is 29.0. The quantitative estimate of drug-likeness (QED) is 0.680. The lowest BCUT2D eigenvalue weighted by Crippen LogP contribution is -2.24. The van der Waals surface area contributed by atoms with Crippen molar-refractivity contribution >= 4 is 16.7 Å². The molecule has 0 aliphatic heterocycles. The van der Waals surface area contributed by atoms with Gasteiger partial charge in [-0.1, -0.05) is 49.7 Å². The van der Waals surface area contributed by atoms with Crippen molar-refractivity contribution in [1.82, 2.24) is 9.55 Å². The number of aromatic nitrogens is 2. The molecule has 4 heteroatoms. The summed E-state index contributed by atoms with van der Waals surface area (Å²) < 4.78 is 1.37. The van der Waals surface area contributed by atoms with Crippen LogP contribution in [-0.2, 0) is 13.0 Å². The lowest BCUT2D eigenvalue weighted by atomic mass is 10.1. The maximum atomic E-state index is 12.4. The number of carbonyl (C=O) groups is 1. The fourth-order valence-corrected chi connectivity index (χ4v) is 2.61. The van der Waals surface area contributed by atoms with Gasteiger partial charge in [0.15, 0.2) is 5.78 Å². The van der Waals surface area contributed by atoms with E-state index < -0.39 is 0 Å². The molecule has 0 amide bonds. The van der Waals surface area contributed by atoms with E-state index >= 15 is 0 Å². The lowest BCUT2D eigenvalue weighted by Gasteiger charge is -2.07. The van der Waals surface area contributed by atoms with Crippen molar-refractivity contribution < 1.29 is 4.79 Å². The van der Waals surface area contributed by atoms with Crippen LogP contribution in [0.5, 0.6) is 0 Å². The van der Waals surface area contributed by atoms with Crippen LogP contribution in [0.4, 0.5) is 0 Å². The zero-order valence-corrected chi connectivity index (χ0v) is 13.0. The number of rotatable bonds is 5. The largest absolute Gasteiger partial charge is 0.292 e. The first-order valence-corrected chi connectivity index (χ1v) is 7.75. The van der Waals surface area contributed by atoms with Crippen LogP contribution in [0.15, 0.2) is 59.7 Å². The molecule has 0 radical (unpaired) electrons. The molecule has 0 aliphatic carbocycles. The predicted molar refractivity (Wildman–Crippen MR) is 90.8 cm³/mol. The second-order valence-electron chi connectivity index (χ2n) is 5.56. The normalized spacial score (nSPS) is 10.8. The van der Waals surface area contributed by atoms with Crippen LogP contribution in [-0.4, -0.2) is 15.3 Å². The highest BCUT2D eigenvalue weighted by Gasteiger charge is 2.10. The highest BCUT2D eigenvalue weighted by molar-refractivity contribution is 5.96. The van der Waals surface area contributed by atoms with Gasteiger partial charge in [-0.3, -0.25) is 14.2 Å². The number of hydrogen-bond acceptors (Lipinski definition) is 3. The van der Waals surface area contributed by atoms with E-state index in [1.165, 1.54) is 16.5 Å². The lowest BCUT2D eigenvalue weighted by molar-refractivity contribution is 0.0970. The molecule has 0 atom stereocenters. The molecule has 0 fully saturated rings. The SMILES string of the molecule is CCCc1ccc(C(=O)Cn2cnc3ccccc3c2=O)cc1. The zero-order valence-electron chi connectivity index (χ0n) is 13.0. The van der Waals surface area contributed by atoms with E-state index in [0.29, 0.717) is 16.5 Å². The monoisotopic (exact) mass is 306 g/mol. The third kappa shape index (κ3) is 3.21. The Labute approximate surface area is 134 Å². The molecule has 2 aromatic carbocycles. The summed E-state index contributed by atoms with van der Waals surface area (Å²) in [6, 6.07) is 14.7. The molecule has 0 spiro atoms. The van der Waals surface area contributed by atoms with Crippen molar-refractivity contribution in [3.8, 4) is 0 Å². The number of aryl methyl sites for hydroxylation is 1. The molecule has 4 nitrogen and oxygen atoms in total. The number of fused-ring (bicyclic) bond motifs is 1. The fourth-order valence-electron chi connectivity index (χ4n) is 2.61. The van der Waals surface area contributed by atoms with Gasteiger partial charge in [-0.25, -0.2) is 4.98 Å². The van der Waals surface area contributed by atoms with Gasteiger partial charge in [-0.2, -0.15) is 0 Å². The smallest absolute Gasteiger partial charge is 0.261 e. The number of para-hydroxylation sites is 1. The second-order valence-corrected chi connectivity index (χ2v) is 5.56. The molecule has 1 heterocycles. The van der Waals surface area contributed by atoms with Crippen LogP contribution in [0.2, 0.25) is 0 Å². The van der Waals surface area contributed by atoms with Crippen molar-refractivity contribution in [3.05, 3.63) is 76.3 Å². The molecule has 3 aromatic rings. The number of Topliss-reactive ketones (excluding diaryl/α,β-unsaturated/α-hetero) is 1. The van der Waals surface area contributed by atoms with Crippen molar-refractivity contribution in [2.45, 2.75) is 26.3 Å². The number of hydrogen-bond donors (Lipinski definition) is 0. The summed E-state index contributed by atoms with van der Waals surface area (Å²) in [7, 11) is 0. The summed E-state index contributed by atoms with van der Waals surface area (Å²) in [6.45, 7) is 2.13. The fraction of sp³-hybridized carbons (Fsp3) is 0.211. The van der Waals surface area contributed by atoms with Gasteiger partial charge in [0, 0.05) is 5.56 Å². The molecule has 23 heavy (non-hydrogen) atoms. The van der Waals surface area contributed by atoms with E-state index in [0.717, 1.165) is 12.8 Å². The molecule has 0 bridgehead atoms. The molecule has 0 N–H and O–H groups in total. The highest BCUT2D eigenvalue weighted by Crippen LogP contribution is 2.09. The first-order valence-electron chi connectivity index (χ1n) is 7.75. The second kappa shape index (κ2) is 6.57. The molecule has 3 rings (SSSR count). The molecule has 0 unspecified atom stereocenters. The van der Waals surface area contributed by atoms with Gasteiger partial charge in [-0.05, 0) is 24.1 Å². The molecular weight excluding hydrogens is 288 g/mol. The molecular formula is C19H18N2O2. The minimum absolute atomic E-state index is 0.00376. The van der Waals surface area contributed by atoms with Gasteiger partial charge in [-0.15, -0.1) is 0 Å². The number of carbonyl (C=O) groups excluding carboxylic acids is 1. The summed E-state index contributed by atoms with van der Waals surface area (Å²) in [5, 5.41) is 0.529. The van der Waals surface area contributed by atoms with Crippen LogP contribution in [0, 0.1) is 0 Å². The van der Waals surface area contributed by atoms with Crippen LogP contribution in [0.3, 0.4) is 0 Å². The predicted octanol–water partition coefficient (Wildman–Crippen LogP) is 3.23. The average Bonchev–Trinajstić information content (AvgIpc) is 2.58. The topological polar surface area (TPSA) is 52.0 Å². The first-order chi connectivity index (χ1) is 11.2. The number of benzene rings is 2. The molecule has 0 aliphatic rings. The van der Waals surface area contributed by atoms with E-state index in [2.05, 4.69) is 11.9 Å². The Bertz CT molecular complexity index is 895. The van der Waals surface area contributed by atoms with Crippen molar-refractivity contribution in [2.75, 3.05) is 0 Å². The van der Waals surface area contributed by atoms with Gasteiger partial charge in [0.25, 0.3) is 5.56 Å². The Morgan fingerprint density at radius 3 is 2.57 bits per heavy atom. The van der Waals surface area contributed by atoms with Crippen molar-refractivity contribution in [2.24, 2.45) is 0 Å². The van der Waals surface area contributed by atoms with E-state index in [1.54, 1.807) is 18.2 Å². The van der Waals surface area contributed by atoms with E-state index in [1.807, 2.05) is 30.3 Å². The Morgan fingerprint density at radius 2 is 1.83 bits per heavy atom. The zero-order chi connectivity index (χ0) is 16.2. The van der Waals surface area contributed by atoms with E-state index in [4.69, 9.17) is 0 Å². The Kier molecular flexibility index (Phi) is 4.33. The van der Waals surface area contributed by atoms with Gasteiger partial charge in [0.05, 0.1) is 23.8 Å². The highest BCUT2D eigenvalue weighted by atomic mass is 16.1. The standard InChI is InChI=1S/C19H18N2O2/c1-2-5-14-8-10-15(11-9-14)18(22)12-21-13-20-17-7-4-3-6-16(17)19(21)23/h3-4,6-11,13H,2,5,12H2,1H3. The molecule has 1 aromatic heterocycles. The van der Waals surface area contributed by atoms with Crippen LogP contribution in [0.25, 0.3) is 10.9 Å². The minimum atomic E-state index is -0.188. The van der Waals surface area contributed by atoms with E-state index in [9.17, 15) is 9.59 Å². The Balaban J connectivity index is 1.85. The average molecular weight is 306 g/mol. The third-order valence-corrected chi connectivity index (χ3v) is 3.86.